The van der Waals surface area contributed by atoms with Crippen molar-refractivity contribution in [3.8, 4) is 5.75 Å². The van der Waals surface area contributed by atoms with Gasteiger partial charge in [0.2, 0.25) is 10.0 Å². The molecule has 0 saturated heterocycles. The summed E-state index contributed by atoms with van der Waals surface area (Å²) in [5, 5.41) is 9.31. The molecule has 0 fully saturated rings. The summed E-state index contributed by atoms with van der Waals surface area (Å²) in [7, 11) is -1.53. The van der Waals surface area contributed by atoms with E-state index in [4.69, 9.17) is 21.4 Å². The predicted molar refractivity (Wildman–Crippen MR) is 82.4 cm³/mol. The van der Waals surface area contributed by atoms with Gasteiger partial charge in [-0.2, -0.15) is 4.31 Å². The third-order valence-electron chi connectivity index (χ3n) is 2.95. The van der Waals surface area contributed by atoms with E-state index in [2.05, 4.69) is 15.9 Å². The molecular weight excluding hydrogens is 386 g/mol. The Morgan fingerprint density at radius 3 is 2.52 bits per heavy atom. The Labute approximate surface area is 136 Å². The van der Waals surface area contributed by atoms with Crippen molar-refractivity contribution in [2.75, 3.05) is 14.2 Å². The Hall–Kier alpha value is -0.830. The number of ether oxygens (including phenoxy) is 1. The van der Waals surface area contributed by atoms with Crippen molar-refractivity contribution in [2.24, 2.45) is 0 Å². The van der Waals surface area contributed by atoms with Crippen molar-refractivity contribution in [2.45, 2.75) is 24.3 Å². The average molecular weight is 401 g/mol. The van der Waals surface area contributed by atoms with Gasteiger partial charge < -0.3 is 9.84 Å². The molecule has 1 unspecified atom stereocenters. The first-order chi connectivity index (χ1) is 9.66. The number of aliphatic carboxylic acids is 1. The van der Waals surface area contributed by atoms with E-state index in [0.29, 0.717) is 4.47 Å². The second-order valence-corrected chi connectivity index (χ2v) is 7.46. The maximum Gasteiger partial charge on any atom is 0.321 e. The largest absolute Gasteiger partial charge is 0.494 e. The molecule has 0 saturated carbocycles. The van der Waals surface area contributed by atoms with Gasteiger partial charge in [-0.25, -0.2) is 8.42 Å². The zero-order chi connectivity index (χ0) is 16.4. The Bertz CT molecular complexity index is 649. The first-order valence-corrected chi connectivity index (χ1v) is 8.51. The average Bonchev–Trinajstić information content (AvgIpc) is 2.38. The summed E-state index contributed by atoms with van der Waals surface area (Å²) < 4.78 is 31.5. The zero-order valence-corrected chi connectivity index (χ0v) is 14.8. The van der Waals surface area contributed by atoms with Gasteiger partial charge in [0.05, 0.1) is 11.6 Å². The number of nitrogens with zero attached hydrogens (tertiary/aromatic N) is 1. The van der Waals surface area contributed by atoms with Gasteiger partial charge in [-0.1, -0.05) is 18.5 Å². The maximum atomic E-state index is 12.6. The minimum Gasteiger partial charge on any atom is -0.494 e. The maximum absolute atomic E-state index is 12.6. The van der Waals surface area contributed by atoms with Gasteiger partial charge in [-0.3, -0.25) is 4.79 Å². The van der Waals surface area contributed by atoms with Crippen LogP contribution in [0.25, 0.3) is 0 Å². The third-order valence-corrected chi connectivity index (χ3v) is 5.63. The lowest BCUT2D eigenvalue weighted by molar-refractivity contribution is -0.141. The number of benzene rings is 1. The van der Waals surface area contributed by atoms with Crippen LogP contribution in [0.4, 0.5) is 0 Å². The molecule has 1 aromatic carbocycles. The number of methoxy groups -OCH3 is 1. The second kappa shape index (κ2) is 6.95. The summed E-state index contributed by atoms with van der Waals surface area (Å²) in [5.41, 5.74) is 0. The third kappa shape index (κ3) is 3.68. The van der Waals surface area contributed by atoms with E-state index < -0.39 is 22.0 Å². The van der Waals surface area contributed by atoms with Crippen LogP contribution in [0.2, 0.25) is 5.02 Å². The number of carboxylic acids is 1. The molecule has 0 aliphatic carbocycles. The molecule has 1 rings (SSSR count). The molecule has 1 aromatic rings. The van der Waals surface area contributed by atoms with E-state index in [1.54, 1.807) is 6.92 Å². The van der Waals surface area contributed by atoms with Gasteiger partial charge >= 0.3 is 5.97 Å². The van der Waals surface area contributed by atoms with E-state index >= 15 is 0 Å². The Morgan fingerprint density at radius 2 is 2.10 bits per heavy atom. The first kappa shape index (κ1) is 18.2. The molecule has 0 amide bonds. The van der Waals surface area contributed by atoms with Crippen molar-refractivity contribution < 1.29 is 23.1 Å². The lowest BCUT2D eigenvalue weighted by Crippen LogP contribution is -2.42. The van der Waals surface area contributed by atoms with Crippen LogP contribution in [0.5, 0.6) is 5.75 Å². The number of hydrogen-bond acceptors (Lipinski definition) is 4. The normalized spacial score (nSPS) is 13.2. The predicted octanol–water partition coefficient (Wildman–Crippen LogP) is 2.59. The van der Waals surface area contributed by atoms with Gasteiger partial charge in [0, 0.05) is 12.1 Å². The fraction of sp³-hybridized carbons (Fsp3) is 0.417. The SMILES string of the molecule is CCC(C(=O)O)N(C)S(=O)(=O)c1cc(Cl)cc(Br)c1OC. The van der Waals surface area contributed by atoms with Crippen molar-refractivity contribution >= 4 is 43.5 Å². The smallest absolute Gasteiger partial charge is 0.321 e. The van der Waals surface area contributed by atoms with Crippen LogP contribution in [-0.2, 0) is 14.8 Å². The van der Waals surface area contributed by atoms with Gasteiger partial charge in [0.1, 0.15) is 10.9 Å². The zero-order valence-electron chi connectivity index (χ0n) is 11.6. The van der Waals surface area contributed by atoms with Crippen LogP contribution in [-0.4, -0.2) is 44.0 Å². The van der Waals surface area contributed by atoms with Crippen LogP contribution in [0.1, 0.15) is 13.3 Å². The highest BCUT2D eigenvalue weighted by atomic mass is 79.9. The van der Waals surface area contributed by atoms with Gasteiger partial charge in [-0.05, 0) is 34.5 Å². The van der Waals surface area contributed by atoms with E-state index in [1.807, 2.05) is 0 Å². The molecule has 0 radical (unpaired) electrons. The summed E-state index contributed by atoms with van der Waals surface area (Å²) >= 11 is 9.05. The molecule has 6 nitrogen and oxygen atoms in total. The summed E-state index contributed by atoms with van der Waals surface area (Å²) in [6.07, 6.45) is 0.134. The number of sulfonamides is 1. The Balaban J connectivity index is 3.47. The fourth-order valence-electron chi connectivity index (χ4n) is 1.84. The molecule has 1 N–H and O–H groups in total. The molecule has 0 aliphatic rings. The van der Waals surface area contributed by atoms with Crippen molar-refractivity contribution in [1.29, 1.82) is 0 Å². The molecule has 0 aliphatic heterocycles. The number of halogens is 2. The van der Waals surface area contributed by atoms with Crippen LogP contribution >= 0.6 is 27.5 Å². The topological polar surface area (TPSA) is 83.9 Å². The monoisotopic (exact) mass is 399 g/mol. The molecule has 21 heavy (non-hydrogen) atoms. The fourth-order valence-corrected chi connectivity index (χ4v) is 4.59. The van der Waals surface area contributed by atoms with Gasteiger partial charge in [-0.15, -0.1) is 0 Å². The van der Waals surface area contributed by atoms with Crippen LogP contribution < -0.4 is 4.74 Å². The number of carboxylic acid groups (broad SMARTS) is 1. The minimum absolute atomic E-state index is 0.0755. The highest BCUT2D eigenvalue weighted by Gasteiger charge is 2.34. The van der Waals surface area contributed by atoms with Crippen LogP contribution in [0, 0.1) is 0 Å². The summed E-state index contributed by atoms with van der Waals surface area (Å²) in [4.78, 5) is 11.0. The Kier molecular flexibility index (Phi) is 6.03. The molecule has 0 spiro atoms. The highest BCUT2D eigenvalue weighted by Crippen LogP contribution is 2.37. The first-order valence-electron chi connectivity index (χ1n) is 5.90. The molecular formula is C12H15BrClNO5S. The van der Waals surface area contributed by atoms with Crippen molar-refractivity contribution in [3.05, 3.63) is 21.6 Å². The molecule has 118 valence electrons. The van der Waals surface area contributed by atoms with Gasteiger partial charge in [0.15, 0.2) is 5.75 Å². The molecule has 0 heterocycles. The lowest BCUT2D eigenvalue weighted by atomic mass is 10.2. The van der Waals surface area contributed by atoms with Gasteiger partial charge in [0.25, 0.3) is 0 Å². The summed E-state index contributed by atoms with van der Waals surface area (Å²) in [6, 6.07) is 1.55. The second-order valence-electron chi connectivity index (χ2n) is 4.20. The minimum atomic E-state index is -4.07. The van der Waals surface area contributed by atoms with Crippen LogP contribution in [0.15, 0.2) is 21.5 Å². The number of carbonyl (C=O) groups is 1. The summed E-state index contributed by atoms with van der Waals surface area (Å²) in [5.74, 6) is -1.14. The number of rotatable bonds is 6. The number of hydrogen-bond donors (Lipinski definition) is 1. The van der Waals surface area contributed by atoms with Crippen LogP contribution in [0.3, 0.4) is 0 Å². The Morgan fingerprint density at radius 1 is 1.52 bits per heavy atom. The van der Waals surface area contributed by atoms with E-state index in [-0.39, 0.29) is 22.1 Å². The molecule has 0 bridgehead atoms. The van der Waals surface area contributed by atoms with E-state index in [1.165, 1.54) is 26.3 Å². The van der Waals surface area contributed by atoms with E-state index in [0.717, 1.165) is 4.31 Å². The van der Waals surface area contributed by atoms with Crippen molar-refractivity contribution in [3.63, 3.8) is 0 Å². The summed E-state index contributed by atoms with van der Waals surface area (Å²) in [6.45, 7) is 1.59. The van der Waals surface area contributed by atoms with Crippen molar-refractivity contribution in [1.82, 2.24) is 4.31 Å². The molecule has 0 aromatic heterocycles. The lowest BCUT2D eigenvalue weighted by Gasteiger charge is -2.24. The quantitative estimate of drug-likeness (QED) is 0.793. The molecule has 1 atom stereocenters. The standard InChI is InChI=1S/C12H15BrClNO5S/c1-4-9(12(16)17)15(2)21(18,19)10-6-7(14)5-8(13)11(10)20-3/h5-6,9H,4H2,1-3H3,(H,16,17). The highest BCUT2D eigenvalue weighted by molar-refractivity contribution is 9.10. The molecule has 9 heteroatoms. The number of likely N-dealkylation sites (N-methyl/N-ethyl adjacent to an activating group) is 1. The van der Waals surface area contributed by atoms with E-state index in [9.17, 15) is 13.2 Å².